The Kier molecular flexibility index (Phi) is 3.69. The number of amides is 2. The van der Waals surface area contributed by atoms with Gasteiger partial charge in [-0.3, -0.25) is 4.90 Å². The lowest BCUT2D eigenvalue weighted by molar-refractivity contribution is 0.233. The van der Waals surface area contributed by atoms with E-state index in [1.807, 2.05) is 26.8 Å². The van der Waals surface area contributed by atoms with Crippen LogP contribution in [0.1, 0.15) is 19.4 Å². The number of halogens is 1. The number of thiocarbonyl (C=S) groups is 1. The molecular weight excluding hydrogens is 282 g/mol. The molecule has 0 spiro atoms. The van der Waals surface area contributed by atoms with Crippen LogP contribution in [0.5, 0.6) is 0 Å². The minimum absolute atomic E-state index is 0.197. The van der Waals surface area contributed by atoms with Crippen molar-refractivity contribution in [2.24, 2.45) is 0 Å². The molecule has 6 heteroatoms. The molecule has 1 heterocycles. The number of carbonyl (C=O) groups is 1. The second-order valence-corrected chi connectivity index (χ2v) is 6.04. The first-order chi connectivity index (χ1) is 8.80. The van der Waals surface area contributed by atoms with Gasteiger partial charge in [-0.25, -0.2) is 4.79 Å². The number of carbonyl (C=O) groups excluding carboxylic acids is 1. The molecule has 4 nitrogen and oxygen atoms in total. The Morgan fingerprint density at radius 2 is 2.21 bits per heavy atom. The maximum absolute atomic E-state index is 12.2. The Hall–Kier alpha value is -1.33. The van der Waals surface area contributed by atoms with Gasteiger partial charge < -0.3 is 10.6 Å². The number of nitrogens with one attached hydrogen (secondary N) is 2. The number of rotatable bonds is 1. The van der Waals surface area contributed by atoms with E-state index in [-0.39, 0.29) is 11.6 Å². The molecule has 19 heavy (non-hydrogen) atoms. The zero-order valence-electron chi connectivity index (χ0n) is 11.1. The summed E-state index contributed by atoms with van der Waals surface area (Å²) in [6, 6.07) is 5.16. The molecule has 1 aromatic carbocycles. The first kappa shape index (κ1) is 14.1. The summed E-state index contributed by atoms with van der Waals surface area (Å²) in [5, 5.41) is 7.01. The molecule has 1 aliphatic rings. The quantitative estimate of drug-likeness (QED) is 0.783. The van der Waals surface area contributed by atoms with Crippen LogP contribution in [-0.4, -0.2) is 28.1 Å². The molecule has 0 bridgehead atoms. The van der Waals surface area contributed by atoms with Gasteiger partial charge in [0.2, 0.25) is 0 Å². The van der Waals surface area contributed by atoms with Crippen LogP contribution in [0.2, 0.25) is 5.02 Å². The fraction of sp³-hybridized carbons (Fsp3) is 0.385. The second kappa shape index (κ2) is 4.98. The summed E-state index contributed by atoms with van der Waals surface area (Å²) in [5.41, 5.74) is 1.34. The van der Waals surface area contributed by atoms with Crippen LogP contribution < -0.4 is 10.6 Å². The van der Waals surface area contributed by atoms with Crippen LogP contribution in [0.4, 0.5) is 10.5 Å². The minimum Gasteiger partial charge on any atom is -0.355 e. The Bertz CT molecular complexity index is 545. The summed E-state index contributed by atoms with van der Waals surface area (Å²) < 4.78 is 0. The second-order valence-electron chi connectivity index (χ2n) is 5.24. The monoisotopic (exact) mass is 297 g/mol. The molecule has 102 valence electrons. The van der Waals surface area contributed by atoms with Gasteiger partial charge in [-0.05, 0) is 50.7 Å². The van der Waals surface area contributed by atoms with E-state index >= 15 is 0 Å². The number of anilines is 1. The normalized spacial score (nSPS) is 17.3. The smallest absolute Gasteiger partial charge is 0.328 e. The maximum atomic E-state index is 12.2. The molecule has 1 saturated heterocycles. The lowest BCUT2D eigenvalue weighted by Crippen LogP contribution is -2.37. The third-order valence-electron chi connectivity index (χ3n) is 3.00. The zero-order valence-corrected chi connectivity index (χ0v) is 12.7. The van der Waals surface area contributed by atoms with Crippen molar-refractivity contribution in [3.63, 3.8) is 0 Å². The van der Waals surface area contributed by atoms with Crippen LogP contribution in [-0.2, 0) is 0 Å². The van der Waals surface area contributed by atoms with E-state index in [1.165, 1.54) is 4.90 Å². The van der Waals surface area contributed by atoms with E-state index in [4.69, 9.17) is 23.8 Å². The molecule has 1 aromatic rings. The van der Waals surface area contributed by atoms with E-state index in [0.717, 1.165) is 5.56 Å². The van der Waals surface area contributed by atoms with Gasteiger partial charge in [0.25, 0.3) is 0 Å². The summed E-state index contributed by atoms with van der Waals surface area (Å²) in [6.07, 6.45) is 0. The van der Waals surface area contributed by atoms with E-state index in [2.05, 4.69) is 10.6 Å². The van der Waals surface area contributed by atoms with Gasteiger partial charge in [-0.2, -0.15) is 0 Å². The van der Waals surface area contributed by atoms with E-state index in [9.17, 15) is 4.79 Å². The lowest BCUT2D eigenvalue weighted by Gasteiger charge is -2.18. The van der Waals surface area contributed by atoms with Gasteiger partial charge in [0, 0.05) is 10.7 Å². The summed E-state index contributed by atoms with van der Waals surface area (Å²) in [6.45, 7) is 6.40. The molecule has 1 fully saturated rings. The van der Waals surface area contributed by atoms with Gasteiger partial charge in [-0.15, -0.1) is 0 Å². The van der Waals surface area contributed by atoms with Crippen molar-refractivity contribution in [3.8, 4) is 0 Å². The summed E-state index contributed by atoms with van der Waals surface area (Å²) in [4.78, 5) is 13.7. The Labute approximate surface area is 123 Å². The molecule has 0 unspecified atom stereocenters. The highest BCUT2D eigenvalue weighted by Crippen LogP contribution is 2.24. The largest absolute Gasteiger partial charge is 0.355 e. The fourth-order valence-electron chi connectivity index (χ4n) is 1.95. The molecular formula is C13H16ClN3OS. The van der Waals surface area contributed by atoms with E-state index in [1.54, 1.807) is 12.1 Å². The Morgan fingerprint density at radius 3 is 2.79 bits per heavy atom. The molecule has 0 radical (unpaired) electrons. The SMILES string of the molecule is Cc1c(Cl)cccc1NC(=O)N1CC(C)(C)NC1=S. The highest BCUT2D eigenvalue weighted by molar-refractivity contribution is 7.80. The standard InChI is InChI=1S/C13H16ClN3OS/c1-8-9(14)5-4-6-10(8)15-11(18)17-7-13(2,3)16-12(17)19/h4-6H,7H2,1-3H3,(H,15,18)(H,16,19). The predicted octanol–water partition coefficient (Wildman–Crippen LogP) is 3.15. The first-order valence-corrected chi connectivity index (χ1v) is 6.74. The molecule has 0 atom stereocenters. The molecule has 0 aromatic heterocycles. The van der Waals surface area contributed by atoms with Crippen LogP contribution in [0.25, 0.3) is 0 Å². The topological polar surface area (TPSA) is 44.4 Å². The van der Waals surface area contributed by atoms with Crippen molar-refractivity contribution in [2.75, 3.05) is 11.9 Å². The average molecular weight is 298 g/mol. The number of urea groups is 1. The maximum Gasteiger partial charge on any atom is 0.328 e. The molecule has 2 rings (SSSR count). The number of benzene rings is 1. The number of nitrogens with zero attached hydrogens (tertiary/aromatic N) is 1. The molecule has 2 N–H and O–H groups in total. The van der Waals surface area contributed by atoms with Crippen LogP contribution in [0, 0.1) is 6.92 Å². The summed E-state index contributed by atoms with van der Waals surface area (Å²) >= 11 is 11.2. The van der Waals surface area contributed by atoms with E-state index in [0.29, 0.717) is 22.4 Å². The third-order valence-corrected chi connectivity index (χ3v) is 3.73. The number of hydrogen-bond acceptors (Lipinski definition) is 2. The lowest BCUT2D eigenvalue weighted by atomic mass is 10.1. The summed E-state index contributed by atoms with van der Waals surface area (Å²) in [7, 11) is 0. The fourth-order valence-corrected chi connectivity index (χ4v) is 2.55. The van der Waals surface area contributed by atoms with Crippen molar-refractivity contribution in [2.45, 2.75) is 26.3 Å². The van der Waals surface area contributed by atoms with Crippen molar-refractivity contribution >= 4 is 40.6 Å². The van der Waals surface area contributed by atoms with Crippen molar-refractivity contribution < 1.29 is 4.79 Å². The zero-order chi connectivity index (χ0) is 14.2. The van der Waals surface area contributed by atoms with Gasteiger partial charge in [-0.1, -0.05) is 17.7 Å². The minimum atomic E-state index is -0.242. The number of hydrogen-bond donors (Lipinski definition) is 2. The first-order valence-electron chi connectivity index (χ1n) is 5.96. The molecule has 1 aliphatic heterocycles. The van der Waals surface area contributed by atoms with Crippen LogP contribution in [0.3, 0.4) is 0 Å². The van der Waals surface area contributed by atoms with Crippen molar-refractivity contribution in [3.05, 3.63) is 28.8 Å². The van der Waals surface area contributed by atoms with Crippen LogP contribution >= 0.6 is 23.8 Å². The molecule has 2 amide bonds. The predicted molar refractivity (Wildman–Crippen MR) is 81.7 cm³/mol. The van der Waals surface area contributed by atoms with Gasteiger partial charge >= 0.3 is 6.03 Å². The average Bonchev–Trinajstić information content (AvgIpc) is 2.59. The summed E-state index contributed by atoms with van der Waals surface area (Å²) in [5.74, 6) is 0. The Balaban J connectivity index is 2.14. The highest BCUT2D eigenvalue weighted by atomic mass is 35.5. The van der Waals surface area contributed by atoms with Gasteiger partial charge in [0.15, 0.2) is 5.11 Å². The molecule has 0 saturated carbocycles. The van der Waals surface area contributed by atoms with Gasteiger partial charge in [0.1, 0.15) is 0 Å². The van der Waals surface area contributed by atoms with Gasteiger partial charge in [0.05, 0.1) is 12.1 Å². The van der Waals surface area contributed by atoms with Crippen LogP contribution in [0.15, 0.2) is 18.2 Å². The van der Waals surface area contributed by atoms with E-state index < -0.39 is 0 Å². The highest BCUT2D eigenvalue weighted by Gasteiger charge is 2.35. The molecule has 0 aliphatic carbocycles. The Morgan fingerprint density at radius 1 is 1.53 bits per heavy atom. The third kappa shape index (κ3) is 2.98. The van der Waals surface area contributed by atoms with Crippen molar-refractivity contribution in [1.29, 1.82) is 0 Å². The van der Waals surface area contributed by atoms with Crippen molar-refractivity contribution in [1.82, 2.24) is 10.2 Å².